The molecule has 0 saturated carbocycles. The Hall–Kier alpha value is -2.73. The molecular formula is C20H18N2O3S. The smallest absolute Gasteiger partial charge is 0.336 e. The van der Waals surface area contributed by atoms with E-state index in [0.717, 1.165) is 38.5 Å². The number of ether oxygens (including phenoxy) is 1. The van der Waals surface area contributed by atoms with Crippen LogP contribution in [0, 0.1) is 6.92 Å². The van der Waals surface area contributed by atoms with Gasteiger partial charge in [0.05, 0.1) is 17.6 Å². The molecule has 2 aromatic carbocycles. The molecule has 0 amide bonds. The molecular weight excluding hydrogens is 348 g/mol. The van der Waals surface area contributed by atoms with Crippen LogP contribution in [0.1, 0.15) is 18.1 Å². The first-order valence-electron chi connectivity index (χ1n) is 8.41. The summed E-state index contributed by atoms with van der Waals surface area (Å²) in [5, 5.41) is 1.76. The van der Waals surface area contributed by atoms with Crippen molar-refractivity contribution in [2.24, 2.45) is 0 Å². The first-order chi connectivity index (χ1) is 12.6. The van der Waals surface area contributed by atoms with Crippen LogP contribution in [-0.4, -0.2) is 16.6 Å². The number of rotatable bonds is 5. The highest BCUT2D eigenvalue weighted by molar-refractivity contribution is 7.98. The highest BCUT2D eigenvalue weighted by atomic mass is 32.2. The number of nitrogens with one attached hydrogen (secondary N) is 1. The van der Waals surface area contributed by atoms with Gasteiger partial charge in [-0.1, -0.05) is 23.9 Å². The molecule has 26 heavy (non-hydrogen) atoms. The lowest BCUT2D eigenvalue weighted by Crippen LogP contribution is -2.00. The molecule has 2 heterocycles. The van der Waals surface area contributed by atoms with Crippen molar-refractivity contribution in [1.29, 1.82) is 0 Å². The predicted molar refractivity (Wildman–Crippen MR) is 104 cm³/mol. The third kappa shape index (κ3) is 3.32. The number of aryl methyl sites for hydroxylation is 1. The number of imidazole rings is 1. The second kappa shape index (κ2) is 6.88. The van der Waals surface area contributed by atoms with E-state index in [-0.39, 0.29) is 5.63 Å². The van der Waals surface area contributed by atoms with Gasteiger partial charge >= 0.3 is 5.63 Å². The lowest BCUT2D eigenvalue weighted by atomic mass is 10.1. The lowest BCUT2D eigenvalue weighted by Gasteiger charge is -2.04. The van der Waals surface area contributed by atoms with Gasteiger partial charge in [-0.3, -0.25) is 0 Å². The van der Waals surface area contributed by atoms with E-state index >= 15 is 0 Å². The van der Waals surface area contributed by atoms with E-state index in [1.54, 1.807) is 17.8 Å². The van der Waals surface area contributed by atoms with E-state index in [1.807, 2.05) is 50.2 Å². The minimum absolute atomic E-state index is 0.329. The van der Waals surface area contributed by atoms with Crippen LogP contribution in [0.2, 0.25) is 0 Å². The van der Waals surface area contributed by atoms with E-state index in [0.29, 0.717) is 17.9 Å². The fraction of sp³-hybridized carbons (Fsp3) is 0.200. The molecule has 4 rings (SSSR count). The molecule has 0 saturated heterocycles. The number of benzene rings is 2. The van der Waals surface area contributed by atoms with Crippen molar-refractivity contribution < 1.29 is 9.15 Å². The minimum atomic E-state index is -0.329. The summed E-state index contributed by atoms with van der Waals surface area (Å²) in [6.45, 7) is 4.57. The summed E-state index contributed by atoms with van der Waals surface area (Å²) < 4.78 is 10.8. The Kier molecular flexibility index (Phi) is 4.42. The Labute approximate surface area is 154 Å². The topological polar surface area (TPSA) is 68.1 Å². The van der Waals surface area contributed by atoms with Crippen LogP contribution in [-0.2, 0) is 5.75 Å². The predicted octanol–water partition coefficient (Wildman–Crippen LogP) is 4.67. The molecule has 0 unspecified atom stereocenters. The molecule has 0 spiro atoms. The third-order valence-electron chi connectivity index (χ3n) is 4.09. The van der Waals surface area contributed by atoms with E-state index in [2.05, 4.69) is 9.97 Å². The number of nitrogens with zero attached hydrogens (tertiary/aromatic N) is 1. The number of thioether (sulfide) groups is 1. The van der Waals surface area contributed by atoms with Crippen LogP contribution in [0.25, 0.3) is 22.0 Å². The molecule has 6 heteroatoms. The number of hydrogen-bond donors (Lipinski definition) is 1. The first kappa shape index (κ1) is 16.7. The molecule has 4 aromatic rings. The molecule has 0 atom stereocenters. The van der Waals surface area contributed by atoms with E-state index in [9.17, 15) is 4.79 Å². The average molecular weight is 366 g/mol. The highest BCUT2D eigenvalue weighted by Crippen LogP contribution is 2.28. The number of aromatic nitrogens is 2. The van der Waals surface area contributed by atoms with Gasteiger partial charge in [-0.25, -0.2) is 9.78 Å². The van der Waals surface area contributed by atoms with Gasteiger partial charge in [-0.15, -0.1) is 0 Å². The van der Waals surface area contributed by atoms with Gasteiger partial charge in [0.25, 0.3) is 0 Å². The summed E-state index contributed by atoms with van der Waals surface area (Å²) >= 11 is 1.56. The maximum Gasteiger partial charge on any atom is 0.336 e. The summed E-state index contributed by atoms with van der Waals surface area (Å²) in [4.78, 5) is 19.8. The summed E-state index contributed by atoms with van der Waals surface area (Å²) in [7, 11) is 0. The largest absolute Gasteiger partial charge is 0.494 e. The van der Waals surface area contributed by atoms with E-state index in [4.69, 9.17) is 9.15 Å². The SMILES string of the molecule is CCOc1ccc2nc(SCc3cc(=O)oc4cc(C)ccc34)[nH]c2c1. The number of hydrogen-bond acceptors (Lipinski definition) is 5. The molecule has 2 aromatic heterocycles. The fourth-order valence-electron chi connectivity index (χ4n) is 2.89. The fourth-order valence-corrected chi connectivity index (χ4v) is 3.77. The van der Waals surface area contributed by atoms with Gasteiger partial charge in [-0.2, -0.15) is 0 Å². The van der Waals surface area contributed by atoms with Gasteiger partial charge in [0.1, 0.15) is 11.3 Å². The lowest BCUT2D eigenvalue weighted by molar-refractivity contribution is 0.340. The van der Waals surface area contributed by atoms with Crippen LogP contribution < -0.4 is 10.4 Å². The standard InChI is InChI=1S/C20H18N2O3S/c1-3-24-14-5-7-16-17(10-14)22-20(21-16)26-11-13-9-19(23)25-18-8-12(2)4-6-15(13)18/h4-10H,3,11H2,1-2H3,(H,21,22). The van der Waals surface area contributed by atoms with Gasteiger partial charge in [0.15, 0.2) is 5.16 Å². The van der Waals surface area contributed by atoms with Crippen molar-refractivity contribution in [3.05, 3.63) is 64.0 Å². The Morgan fingerprint density at radius 3 is 2.92 bits per heavy atom. The molecule has 0 aliphatic carbocycles. The summed E-state index contributed by atoms with van der Waals surface area (Å²) in [5.41, 5.74) is 4.13. The minimum Gasteiger partial charge on any atom is -0.494 e. The van der Waals surface area contributed by atoms with Crippen molar-refractivity contribution >= 4 is 33.8 Å². The zero-order valence-corrected chi connectivity index (χ0v) is 15.4. The second-order valence-electron chi connectivity index (χ2n) is 6.03. The van der Waals surface area contributed by atoms with Crippen molar-refractivity contribution in [3.63, 3.8) is 0 Å². The van der Waals surface area contributed by atoms with Crippen molar-refractivity contribution in [1.82, 2.24) is 9.97 Å². The molecule has 132 valence electrons. The summed E-state index contributed by atoms with van der Waals surface area (Å²) in [6, 6.07) is 13.3. The number of H-pyrrole nitrogens is 1. The molecule has 5 nitrogen and oxygen atoms in total. The van der Waals surface area contributed by atoms with Gasteiger partial charge < -0.3 is 14.1 Å². The van der Waals surface area contributed by atoms with E-state index in [1.165, 1.54) is 0 Å². The second-order valence-corrected chi connectivity index (χ2v) is 7.00. The average Bonchev–Trinajstić information content (AvgIpc) is 3.01. The summed E-state index contributed by atoms with van der Waals surface area (Å²) in [6.07, 6.45) is 0. The Balaban J connectivity index is 1.62. The monoisotopic (exact) mass is 366 g/mol. The van der Waals surface area contributed by atoms with Crippen molar-refractivity contribution in [3.8, 4) is 5.75 Å². The van der Waals surface area contributed by atoms with Crippen LogP contribution in [0.5, 0.6) is 5.75 Å². The summed E-state index contributed by atoms with van der Waals surface area (Å²) in [5.74, 6) is 1.45. The third-order valence-corrected chi connectivity index (χ3v) is 5.01. The maximum atomic E-state index is 11.9. The van der Waals surface area contributed by atoms with Crippen LogP contribution in [0.3, 0.4) is 0 Å². The molecule has 0 radical (unpaired) electrons. The Morgan fingerprint density at radius 2 is 2.08 bits per heavy atom. The number of aromatic amines is 1. The molecule has 0 aliphatic rings. The first-order valence-corrected chi connectivity index (χ1v) is 9.39. The Bertz CT molecular complexity index is 1150. The zero-order chi connectivity index (χ0) is 18.1. The normalized spacial score (nSPS) is 11.3. The molecule has 1 N–H and O–H groups in total. The molecule has 0 bridgehead atoms. The van der Waals surface area contributed by atoms with Gasteiger partial charge in [0.2, 0.25) is 0 Å². The van der Waals surface area contributed by atoms with Crippen LogP contribution >= 0.6 is 11.8 Å². The van der Waals surface area contributed by atoms with E-state index < -0.39 is 0 Å². The quantitative estimate of drug-likeness (QED) is 0.411. The maximum absolute atomic E-state index is 11.9. The molecule has 0 aliphatic heterocycles. The zero-order valence-electron chi connectivity index (χ0n) is 14.5. The Morgan fingerprint density at radius 1 is 1.19 bits per heavy atom. The number of fused-ring (bicyclic) bond motifs is 2. The van der Waals surface area contributed by atoms with Crippen molar-refractivity contribution in [2.75, 3.05) is 6.61 Å². The highest BCUT2D eigenvalue weighted by Gasteiger charge is 2.09. The van der Waals surface area contributed by atoms with Crippen LogP contribution in [0.4, 0.5) is 0 Å². The van der Waals surface area contributed by atoms with Crippen LogP contribution in [0.15, 0.2) is 56.8 Å². The van der Waals surface area contributed by atoms with Gasteiger partial charge in [-0.05, 0) is 43.2 Å². The molecule has 0 fully saturated rings. The van der Waals surface area contributed by atoms with Gasteiger partial charge in [0, 0.05) is 23.3 Å². The van der Waals surface area contributed by atoms with Crippen molar-refractivity contribution in [2.45, 2.75) is 24.8 Å².